The van der Waals surface area contributed by atoms with Crippen molar-refractivity contribution in [3.63, 3.8) is 0 Å². The van der Waals surface area contributed by atoms with Gasteiger partial charge in [0.15, 0.2) is 17.6 Å². The summed E-state index contributed by atoms with van der Waals surface area (Å²) < 4.78 is 40.2. The molecular weight excluding hydrogens is 492 g/mol. The highest BCUT2D eigenvalue weighted by Crippen LogP contribution is 2.24. The summed E-state index contributed by atoms with van der Waals surface area (Å²) in [5, 5.41) is 6.48. The van der Waals surface area contributed by atoms with Crippen LogP contribution in [0.1, 0.15) is 12.0 Å². The first-order valence-electron chi connectivity index (χ1n) is 9.44. The molecule has 1 saturated heterocycles. The maximum absolute atomic E-state index is 13.6. The van der Waals surface area contributed by atoms with E-state index in [9.17, 15) is 13.2 Å². The molecular formula is C21H26F3IN4. The lowest BCUT2D eigenvalue weighted by Crippen LogP contribution is -2.41. The van der Waals surface area contributed by atoms with Crippen molar-refractivity contribution in [1.82, 2.24) is 10.6 Å². The zero-order valence-electron chi connectivity index (χ0n) is 16.3. The fourth-order valence-corrected chi connectivity index (χ4v) is 3.39. The summed E-state index contributed by atoms with van der Waals surface area (Å²) in [6, 6.07) is 10.8. The molecule has 1 fully saturated rings. The van der Waals surface area contributed by atoms with Crippen LogP contribution in [0, 0.1) is 23.4 Å². The Morgan fingerprint density at radius 1 is 1.07 bits per heavy atom. The zero-order valence-corrected chi connectivity index (χ0v) is 18.6. The number of nitrogens with zero attached hydrogens (tertiary/aromatic N) is 2. The molecule has 1 aliphatic heterocycles. The number of hydrogen-bond acceptors (Lipinski definition) is 2. The molecule has 2 aromatic carbocycles. The minimum Gasteiger partial charge on any atom is -0.371 e. The molecule has 0 aromatic heterocycles. The monoisotopic (exact) mass is 518 g/mol. The summed E-state index contributed by atoms with van der Waals surface area (Å²) in [5.74, 6) is -0.804. The predicted molar refractivity (Wildman–Crippen MR) is 122 cm³/mol. The molecule has 8 heteroatoms. The van der Waals surface area contributed by atoms with E-state index in [0.29, 0.717) is 36.1 Å². The fourth-order valence-electron chi connectivity index (χ4n) is 3.39. The number of benzene rings is 2. The van der Waals surface area contributed by atoms with Crippen LogP contribution in [0.25, 0.3) is 0 Å². The van der Waals surface area contributed by atoms with Crippen molar-refractivity contribution in [3.05, 3.63) is 65.5 Å². The second-order valence-electron chi connectivity index (χ2n) is 6.92. The Balaban J connectivity index is 0.00000300. The summed E-state index contributed by atoms with van der Waals surface area (Å²) in [7, 11) is 1.70. The normalized spacial score (nSPS) is 16.5. The molecule has 4 nitrogen and oxygen atoms in total. The highest BCUT2D eigenvalue weighted by Gasteiger charge is 2.23. The fraction of sp³-hybridized carbons (Fsp3) is 0.381. The lowest BCUT2D eigenvalue weighted by molar-refractivity contribution is 0.508. The van der Waals surface area contributed by atoms with Gasteiger partial charge in [-0.1, -0.05) is 18.2 Å². The van der Waals surface area contributed by atoms with E-state index >= 15 is 0 Å². The summed E-state index contributed by atoms with van der Waals surface area (Å²) in [4.78, 5) is 6.26. The van der Waals surface area contributed by atoms with Crippen molar-refractivity contribution >= 4 is 35.6 Å². The first kappa shape index (κ1) is 23.3. The van der Waals surface area contributed by atoms with Gasteiger partial charge in [0.05, 0.1) is 0 Å². The van der Waals surface area contributed by atoms with Gasteiger partial charge in [-0.25, -0.2) is 13.2 Å². The highest BCUT2D eigenvalue weighted by molar-refractivity contribution is 14.0. The average molecular weight is 518 g/mol. The minimum absolute atomic E-state index is 0. The van der Waals surface area contributed by atoms with Gasteiger partial charge in [-0.2, -0.15) is 0 Å². The zero-order chi connectivity index (χ0) is 19.9. The van der Waals surface area contributed by atoms with Crippen LogP contribution in [-0.2, 0) is 6.42 Å². The van der Waals surface area contributed by atoms with Crippen LogP contribution in [0.5, 0.6) is 0 Å². The van der Waals surface area contributed by atoms with E-state index in [0.717, 1.165) is 32.1 Å². The number of guanidine groups is 1. The second kappa shape index (κ2) is 11.3. The summed E-state index contributed by atoms with van der Waals surface area (Å²) in [6.45, 7) is 2.87. The molecule has 1 aliphatic rings. The Kier molecular flexibility index (Phi) is 9.06. The molecule has 1 heterocycles. The van der Waals surface area contributed by atoms with Crippen molar-refractivity contribution in [1.29, 1.82) is 0 Å². The standard InChI is InChI=1S/C21H25F3N4.HI/c1-25-21(26-10-8-16-4-2-3-5-18(16)22)27-13-15-9-11-28(14-15)17-6-7-19(23)20(24)12-17;/h2-7,12,15H,8-11,13-14H2,1H3,(H2,25,26,27);1H. The van der Waals surface area contributed by atoms with E-state index in [1.165, 1.54) is 12.1 Å². The first-order chi connectivity index (χ1) is 13.6. The van der Waals surface area contributed by atoms with Crippen LogP contribution >= 0.6 is 24.0 Å². The number of halogens is 4. The third-order valence-electron chi connectivity index (χ3n) is 4.98. The van der Waals surface area contributed by atoms with E-state index in [1.807, 2.05) is 6.07 Å². The molecule has 3 rings (SSSR count). The molecule has 1 atom stereocenters. The molecule has 0 radical (unpaired) electrons. The van der Waals surface area contributed by atoms with Gasteiger partial charge in [0.1, 0.15) is 5.82 Å². The number of rotatable bonds is 6. The molecule has 0 amide bonds. The summed E-state index contributed by atoms with van der Waals surface area (Å²) in [6.07, 6.45) is 1.53. The van der Waals surface area contributed by atoms with E-state index in [-0.39, 0.29) is 29.8 Å². The van der Waals surface area contributed by atoms with Gasteiger partial charge in [-0.15, -0.1) is 24.0 Å². The topological polar surface area (TPSA) is 39.7 Å². The maximum atomic E-state index is 13.6. The lowest BCUT2D eigenvalue weighted by atomic mass is 10.1. The van der Waals surface area contributed by atoms with Crippen LogP contribution in [0.15, 0.2) is 47.5 Å². The molecule has 2 aromatic rings. The van der Waals surface area contributed by atoms with Gasteiger partial charge in [-0.05, 0) is 42.5 Å². The largest absolute Gasteiger partial charge is 0.371 e. The quantitative estimate of drug-likeness (QED) is 0.346. The Morgan fingerprint density at radius 3 is 2.59 bits per heavy atom. The van der Waals surface area contributed by atoms with Gasteiger partial charge < -0.3 is 15.5 Å². The average Bonchev–Trinajstić information content (AvgIpc) is 3.17. The van der Waals surface area contributed by atoms with E-state index < -0.39 is 11.6 Å². The lowest BCUT2D eigenvalue weighted by Gasteiger charge is -2.19. The van der Waals surface area contributed by atoms with Crippen molar-refractivity contribution in [2.45, 2.75) is 12.8 Å². The maximum Gasteiger partial charge on any atom is 0.190 e. The molecule has 0 spiro atoms. The Bertz CT molecular complexity index is 831. The van der Waals surface area contributed by atoms with Gasteiger partial charge in [0.2, 0.25) is 0 Å². The minimum atomic E-state index is -0.827. The van der Waals surface area contributed by atoms with Crippen LogP contribution < -0.4 is 15.5 Å². The Morgan fingerprint density at radius 2 is 1.86 bits per heavy atom. The molecule has 1 unspecified atom stereocenters. The van der Waals surface area contributed by atoms with Crippen LogP contribution in [0.2, 0.25) is 0 Å². The van der Waals surface area contributed by atoms with Gasteiger partial charge in [0, 0.05) is 45.0 Å². The second-order valence-corrected chi connectivity index (χ2v) is 6.92. The summed E-state index contributed by atoms with van der Waals surface area (Å²) in [5.41, 5.74) is 1.37. The van der Waals surface area contributed by atoms with E-state index in [4.69, 9.17) is 0 Å². The van der Waals surface area contributed by atoms with Crippen molar-refractivity contribution < 1.29 is 13.2 Å². The van der Waals surface area contributed by atoms with Gasteiger partial charge in [0.25, 0.3) is 0 Å². The molecule has 0 bridgehead atoms. The molecule has 2 N–H and O–H groups in total. The smallest absolute Gasteiger partial charge is 0.190 e. The van der Waals surface area contributed by atoms with Crippen molar-refractivity contribution in [3.8, 4) is 0 Å². The SMILES string of the molecule is CN=C(NCCc1ccccc1F)NCC1CCN(c2ccc(F)c(F)c2)C1.I. The summed E-state index contributed by atoms with van der Waals surface area (Å²) >= 11 is 0. The number of aliphatic imine (C=N–C) groups is 1. The van der Waals surface area contributed by atoms with Crippen LogP contribution in [0.4, 0.5) is 18.9 Å². The Hall–Kier alpha value is -1.97. The molecule has 158 valence electrons. The third-order valence-corrected chi connectivity index (χ3v) is 4.98. The Labute approximate surface area is 186 Å². The van der Waals surface area contributed by atoms with Gasteiger partial charge >= 0.3 is 0 Å². The van der Waals surface area contributed by atoms with Crippen molar-refractivity contribution in [2.75, 3.05) is 38.1 Å². The first-order valence-corrected chi connectivity index (χ1v) is 9.44. The number of hydrogen-bond donors (Lipinski definition) is 2. The van der Waals surface area contributed by atoms with E-state index in [1.54, 1.807) is 25.2 Å². The number of nitrogens with one attached hydrogen (secondary N) is 2. The van der Waals surface area contributed by atoms with Gasteiger partial charge in [-0.3, -0.25) is 4.99 Å². The highest BCUT2D eigenvalue weighted by atomic mass is 127. The van der Waals surface area contributed by atoms with Crippen LogP contribution in [0.3, 0.4) is 0 Å². The number of anilines is 1. The third kappa shape index (κ3) is 6.52. The predicted octanol–water partition coefficient (Wildman–Crippen LogP) is 3.96. The van der Waals surface area contributed by atoms with Crippen LogP contribution in [-0.4, -0.2) is 39.2 Å². The van der Waals surface area contributed by atoms with Crippen molar-refractivity contribution in [2.24, 2.45) is 10.9 Å². The molecule has 0 aliphatic carbocycles. The molecule has 0 saturated carbocycles. The van der Waals surface area contributed by atoms with E-state index in [2.05, 4.69) is 20.5 Å². The molecule has 29 heavy (non-hydrogen) atoms.